The van der Waals surface area contributed by atoms with Gasteiger partial charge in [-0.25, -0.2) is 0 Å². The number of carboxylic acids is 1. The fraction of sp³-hybridized carbons (Fsp3) is 0.517. The predicted molar refractivity (Wildman–Crippen MR) is 150 cm³/mol. The van der Waals surface area contributed by atoms with Crippen LogP contribution in [0.1, 0.15) is 61.5 Å². The first-order chi connectivity index (χ1) is 17.9. The number of nitrogens with zero attached hydrogens (tertiary/aromatic N) is 2. The average Bonchev–Trinajstić information content (AvgIpc) is 3.33. The number of likely N-dealkylation sites (tertiary alicyclic amines) is 1. The van der Waals surface area contributed by atoms with Crippen LogP contribution in [0.2, 0.25) is 4.34 Å². The third-order valence-corrected chi connectivity index (χ3v) is 8.92. The van der Waals surface area contributed by atoms with Crippen LogP contribution in [-0.2, 0) is 11.2 Å². The predicted octanol–water partition coefficient (Wildman–Crippen LogP) is 6.60. The van der Waals surface area contributed by atoms with Gasteiger partial charge in [-0.15, -0.1) is 11.3 Å². The number of aliphatic carboxylic acids is 1. The standard InChI is InChI=1S/C29H37ClN2O4S/c1-36-22-7-9-26-25(18-22)24(13-15-31-26)27(33)10-5-20-14-17-32(19-21(20)6-12-29(34)35)16-3-2-4-23-8-11-28(30)37-23/h7-9,11,13,15,18,20-21,27,33H,2-6,10,12,14,16-17,19H2,1H3,(H,34,35)/t20-,21-,27-/m1/s1. The second-order valence-corrected chi connectivity index (χ2v) is 11.9. The van der Waals surface area contributed by atoms with Crippen molar-refractivity contribution >= 4 is 39.8 Å². The summed E-state index contributed by atoms with van der Waals surface area (Å²) in [5.41, 5.74) is 1.71. The number of aromatic nitrogens is 1. The van der Waals surface area contributed by atoms with Crippen molar-refractivity contribution in [2.24, 2.45) is 11.8 Å². The van der Waals surface area contributed by atoms with Gasteiger partial charge in [0.15, 0.2) is 0 Å². The molecular weight excluding hydrogens is 508 g/mol. The van der Waals surface area contributed by atoms with Crippen LogP contribution in [0.25, 0.3) is 10.9 Å². The minimum absolute atomic E-state index is 0.200. The van der Waals surface area contributed by atoms with Gasteiger partial charge in [0.25, 0.3) is 0 Å². The number of aliphatic hydroxyl groups is 1. The first-order valence-corrected chi connectivity index (χ1v) is 14.4. The molecule has 1 fully saturated rings. The normalized spacial score (nSPS) is 19.2. The smallest absolute Gasteiger partial charge is 0.303 e. The van der Waals surface area contributed by atoms with E-state index in [0.29, 0.717) is 24.7 Å². The number of aryl methyl sites for hydroxylation is 1. The van der Waals surface area contributed by atoms with Crippen molar-refractivity contribution in [3.63, 3.8) is 0 Å². The molecule has 1 aliphatic rings. The van der Waals surface area contributed by atoms with Gasteiger partial charge < -0.3 is 19.8 Å². The van der Waals surface area contributed by atoms with Crippen LogP contribution in [0.4, 0.5) is 0 Å². The van der Waals surface area contributed by atoms with Crippen LogP contribution in [0, 0.1) is 11.8 Å². The Morgan fingerprint density at radius 2 is 2.08 bits per heavy atom. The lowest BCUT2D eigenvalue weighted by Gasteiger charge is -2.39. The van der Waals surface area contributed by atoms with Crippen molar-refractivity contribution in [3.8, 4) is 5.75 Å². The van der Waals surface area contributed by atoms with E-state index in [1.165, 1.54) is 4.88 Å². The molecule has 0 amide bonds. The molecule has 4 rings (SSSR count). The number of thiophene rings is 1. The quantitative estimate of drug-likeness (QED) is 0.236. The summed E-state index contributed by atoms with van der Waals surface area (Å²) in [6.45, 7) is 3.02. The zero-order valence-electron chi connectivity index (χ0n) is 21.4. The monoisotopic (exact) mass is 544 g/mol. The Labute approximate surface area is 228 Å². The van der Waals surface area contributed by atoms with Crippen LogP contribution in [0.3, 0.4) is 0 Å². The number of fused-ring (bicyclic) bond motifs is 1. The van der Waals surface area contributed by atoms with Gasteiger partial charge in [-0.3, -0.25) is 9.78 Å². The Morgan fingerprint density at radius 1 is 1.22 bits per heavy atom. The maximum absolute atomic E-state index is 11.3. The summed E-state index contributed by atoms with van der Waals surface area (Å²) in [6.07, 6.45) is 7.93. The highest BCUT2D eigenvalue weighted by Gasteiger charge is 2.30. The van der Waals surface area contributed by atoms with E-state index in [9.17, 15) is 15.0 Å². The van der Waals surface area contributed by atoms with Crippen LogP contribution >= 0.6 is 22.9 Å². The Balaban J connectivity index is 1.32. The van der Waals surface area contributed by atoms with E-state index in [1.807, 2.05) is 30.3 Å². The van der Waals surface area contributed by atoms with Crippen molar-refractivity contribution in [2.45, 2.75) is 57.5 Å². The summed E-state index contributed by atoms with van der Waals surface area (Å²) in [4.78, 5) is 19.6. The summed E-state index contributed by atoms with van der Waals surface area (Å²) >= 11 is 7.70. The van der Waals surface area contributed by atoms with E-state index in [0.717, 1.165) is 78.3 Å². The minimum atomic E-state index is -0.734. The molecule has 0 unspecified atom stereocenters. The van der Waals surface area contributed by atoms with E-state index < -0.39 is 12.1 Å². The maximum atomic E-state index is 11.3. The van der Waals surface area contributed by atoms with Gasteiger partial charge in [0, 0.05) is 29.4 Å². The average molecular weight is 545 g/mol. The number of hydrogen-bond donors (Lipinski definition) is 2. The van der Waals surface area contributed by atoms with Crippen molar-refractivity contribution in [2.75, 3.05) is 26.7 Å². The van der Waals surface area contributed by atoms with Crippen LogP contribution < -0.4 is 4.74 Å². The molecule has 0 radical (unpaired) electrons. The van der Waals surface area contributed by atoms with Gasteiger partial charge in [-0.05, 0) is 112 Å². The number of carboxylic acid groups (broad SMARTS) is 1. The molecule has 8 heteroatoms. The van der Waals surface area contributed by atoms with E-state index in [-0.39, 0.29) is 6.42 Å². The van der Waals surface area contributed by atoms with Crippen molar-refractivity contribution in [1.82, 2.24) is 9.88 Å². The molecule has 0 saturated carbocycles. The molecular formula is C29H37ClN2O4S. The van der Waals surface area contributed by atoms with Gasteiger partial charge in [0.05, 0.1) is 23.1 Å². The Kier molecular flexibility index (Phi) is 10.2. The lowest BCUT2D eigenvalue weighted by Crippen LogP contribution is -2.41. The molecule has 6 nitrogen and oxygen atoms in total. The molecule has 2 aromatic heterocycles. The summed E-state index contributed by atoms with van der Waals surface area (Å²) in [5.74, 6) is 0.764. The Morgan fingerprint density at radius 3 is 2.84 bits per heavy atom. The fourth-order valence-corrected chi connectivity index (χ4v) is 6.72. The first-order valence-electron chi connectivity index (χ1n) is 13.2. The number of pyridine rings is 1. The number of rotatable bonds is 13. The summed E-state index contributed by atoms with van der Waals surface area (Å²) in [7, 11) is 1.64. The van der Waals surface area contributed by atoms with Gasteiger partial charge >= 0.3 is 5.97 Å². The van der Waals surface area contributed by atoms with E-state index in [2.05, 4.69) is 16.0 Å². The number of unbranched alkanes of at least 4 members (excludes halogenated alkanes) is 1. The minimum Gasteiger partial charge on any atom is -0.497 e. The number of carbonyl (C=O) groups is 1. The maximum Gasteiger partial charge on any atom is 0.303 e. The summed E-state index contributed by atoms with van der Waals surface area (Å²) in [6, 6.07) is 11.7. The zero-order chi connectivity index (χ0) is 26.2. The molecule has 1 saturated heterocycles. The second-order valence-electron chi connectivity index (χ2n) is 10.1. The molecule has 2 N–H and O–H groups in total. The molecule has 1 aliphatic heterocycles. The Hall–Kier alpha value is -2.19. The highest BCUT2D eigenvalue weighted by atomic mass is 35.5. The number of ether oxygens (including phenoxy) is 1. The number of benzene rings is 1. The SMILES string of the molecule is COc1ccc2nccc([C@H](O)CC[C@@H]3CCN(CCCCc4ccc(Cl)s4)C[C@H]3CCC(=O)O)c2c1. The van der Waals surface area contributed by atoms with Gasteiger partial charge in [0.2, 0.25) is 0 Å². The molecule has 3 atom stereocenters. The van der Waals surface area contributed by atoms with E-state index >= 15 is 0 Å². The molecule has 200 valence electrons. The number of methoxy groups -OCH3 is 1. The lowest BCUT2D eigenvalue weighted by atomic mass is 9.79. The number of halogens is 1. The van der Waals surface area contributed by atoms with Gasteiger partial charge in [0.1, 0.15) is 5.75 Å². The molecule has 0 aliphatic carbocycles. The molecule has 0 spiro atoms. The third-order valence-electron chi connectivity index (χ3n) is 7.63. The van der Waals surface area contributed by atoms with E-state index in [4.69, 9.17) is 16.3 Å². The fourth-order valence-electron chi connectivity index (χ4n) is 5.59. The van der Waals surface area contributed by atoms with Crippen molar-refractivity contribution in [3.05, 3.63) is 57.4 Å². The number of aliphatic hydroxyl groups excluding tert-OH is 1. The molecule has 1 aromatic carbocycles. The Bertz CT molecular complexity index is 1170. The number of hydrogen-bond acceptors (Lipinski definition) is 6. The van der Waals surface area contributed by atoms with Crippen molar-refractivity contribution in [1.29, 1.82) is 0 Å². The van der Waals surface area contributed by atoms with Gasteiger partial charge in [-0.2, -0.15) is 0 Å². The molecule has 3 aromatic rings. The highest BCUT2D eigenvalue weighted by molar-refractivity contribution is 7.16. The highest BCUT2D eigenvalue weighted by Crippen LogP contribution is 2.35. The second kappa shape index (κ2) is 13.6. The summed E-state index contributed by atoms with van der Waals surface area (Å²) < 4.78 is 6.22. The first kappa shape index (κ1) is 27.8. The van der Waals surface area contributed by atoms with Crippen LogP contribution in [0.15, 0.2) is 42.6 Å². The summed E-state index contributed by atoms with van der Waals surface area (Å²) in [5, 5.41) is 21.4. The van der Waals surface area contributed by atoms with Crippen LogP contribution in [0.5, 0.6) is 5.75 Å². The topological polar surface area (TPSA) is 82.9 Å². The van der Waals surface area contributed by atoms with Gasteiger partial charge in [-0.1, -0.05) is 11.6 Å². The molecule has 3 heterocycles. The lowest BCUT2D eigenvalue weighted by molar-refractivity contribution is -0.137. The molecule has 0 bridgehead atoms. The zero-order valence-corrected chi connectivity index (χ0v) is 23.0. The van der Waals surface area contributed by atoms with E-state index in [1.54, 1.807) is 24.6 Å². The largest absolute Gasteiger partial charge is 0.497 e. The van der Waals surface area contributed by atoms with Crippen molar-refractivity contribution < 1.29 is 19.7 Å². The van der Waals surface area contributed by atoms with Crippen LogP contribution in [-0.4, -0.2) is 52.8 Å². The molecule has 37 heavy (non-hydrogen) atoms. The third kappa shape index (κ3) is 7.90. The number of piperidine rings is 1.